The van der Waals surface area contributed by atoms with Gasteiger partial charge in [-0.05, 0) is 19.1 Å². The molecule has 0 aromatic heterocycles. The zero-order chi connectivity index (χ0) is 15.3. The van der Waals surface area contributed by atoms with Crippen LogP contribution in [-0.4, -0.2) is 41.6 Å². The molecule has 6 heteroatoms. The highest BCUT2D eigenvalue weighted by atomic mass is 19.1. The van der Waals surface area contributed by atoms with E-state index in [0.717, 1.165) is 0 Å². The average molecular weight is 283 g/mol. The number of halogens is 1. The summed E-state index contributed by atoms with van der Waals surface area (Å²) in [5.74, 6) is -2.18. The van der Waals surface area contributed by atoms with Crippen LogP contribution in [0.15, 0.2) is 24.3 Å². The highest BCUT2D eigenvalue weighted by Crippen LogP contribution is 2.14. The molecule has 0 saturated heterocycles. The number of carboxylic acids is 1. The summed E-state index contributed by atoms with van der Waals surface area (Å²) in [6.45, 7) is 3.14. The second-order valence-electron chi connectivity index (χ2n) is 4.68. The van der Waals surface area contributed by atoms with Crippen LogP contribution >= 0.6 is 0 Å². The lowest BCUT2D eigenvalue weighted by Gasteiger charge is -2.23. The van der Waals surface area contributed by atoms with Crippen LogP contribution in [0.4, 0.5) is 4.39 Å². The summed E-state index contributed by atoms with van der Waals surface area (Å²) in [5.41, 5.74) is 0. The second-order valence-corrected chi connectivity index (χ2v) is 4.68. The third kappa shape index (κ3) is 4.53. The standard InChI is InChI=1S/C14H18FNO4/c1-9(14(18)19)8-16(3)13(17)10(2)20-12-6-4-5-11(15)7-12/h4-7,9-10H,8H2,1-3H3,(H,18,19). The van der Waals surface area contributed by atoms with Crippen molar-refractivity contribution in [3.8, 4) is 5.75 Å². The zero-order valence-corrected chi connectivity index (χ0v) is 11.7. The van der Waals surface area contributed by atoms with E-state index in [1.165, 1.54) is 44.0 Å². The Morgan fingerprint density at radius 1 is 1.40 bits per heavy atom. The van der Waals surface area contributed by atoms with Crippen molar-refractivity contribution in [2.75, 3.05) is 13.6 Å². The van der Waals surface area contributed by atoms with E-state index in [4.69, 9.17) is 9.84 Å². The summed E-state index contributed by atoms with van der Waals surface area (Å²) in [7, 11) is 1.51. The number of amides is 1. The van der Waals surface area contributed by atoms with Gasteiger partial charge >= 0.3 is 5.97 Å². The van der Waals surface area contributed by atoms with Crippen LogP contribution < -0.4 is 4.74 Å². The topological polar surface area (TPSA) is 66.8 Å². The van der Waals surface area contributed by atoms with Crippen molar-refractivity contribution in [2.24, 2.45) is 5.92 Å². The molecular weight excluding hydrogens is 265 g/mol. The van der Waals surface area contributed by atoms with Gasteiger partial charge in [0, 0.05) is 19.7 Å². The van der Waals surface area contributed by atoms with Gasteiger partial charge in [-0.1, -0.05) is 13.0 Å². The van der Waals surface area contributed by atoms with Crippen molar-refractivity contribution in [2.45, 2.75) is 20.0 Å². The lowest BCUT2D eigenvalue weighted by molar-refractivity contribution is -0.144. The molecule has 1 N–H and O–H groups in total. The molecule has 0 aliphatic carbocycles. The molecule has 1 amide bonds. The first-order valence-corrected chi connectivity index (χ1v) is 6.21. The van der Waals surface area contributed by atoms with Gasteiger partial charge in [-0.3, -0.25) is 9.59 Å². The number of likely N-dealkylation sites (N-methyl/N-ethyl adjacent to an activating group) is 1. The number of ether oxygens (including phenoxy) is 1. The number of carbonyl (C=O) groups is 2. The van der Waals surface area contributed by atoms with Gasteiger partial charge in [0.25, 0.3) is 5.91 Å². The van der Waals surface area contributed by atoms with Gasteiger partial charge in [0.1, 0.15) is 11.6 Å². The van der Waals surface area contributed by atoms with Crippen LogP contribution in [0.5, 0.6) is 5.75 Å². The quantitative estimate of drug-likeness (QED) is 0.864. The number of rotatable bonds is 6. The van der Waals surface area contributed by atoms with Crippen molar-refractivity contribution in [1.82, 2.24) is 4.90 Å². The molecule has 0 fully saturated rings. The molecule has 2 atom stereocenters. The number of carbonyl (C=O) groups excluding carboxylic acids is 1. The van der Waals surface area contributed by atoms with Crippen molar-refractivity contribution < 1.29 is 23.8 Å². The molecule has 1 rings (SSSR count). The van der Waals surface area contributed by atoms with E-state index < -0.39 is 23.8 Å². The summed E-state index contributed by atoms with van der Waals surface area (Å²) in [4.78, 5) is 24.0. The van der Waals surface area contributed by atoms with Crippen LogP contribution in [-0.2, 0) is 9.59 Å². The number of aliphatic carboxylic acids is 1. The Morgan fingerprint density at radius 2 is 2.05 bits per heavy atom. The Morgan fingerprint density at radius 3 is 2.60 bits per heavy atom. The molecule has 5 nitrogen and oxygen atoms in total. The fourth-order valence-corrected chi connectivity index (χ4v) is 1.68. The summed E-state index contributed by atoms with van der Waals surface area (Å²) in [5, 5.41) is 8.81. The maximum absolute atomic E-state index is 13.0. The molecule has 0 heterocycles. The third-order valence-corrected chi connectivity index (χ3v) is 2.80. The lowest BCUT2D eigenvalue weighted by atomic mass is 10.1. The predicted octanol–water partition coefficient (Wildman–Crippen LogP) is 1.77. The van der Waals surface area contributed by atoms with Gasteiger partial charge in [-0.2, -0.15) is 0 Å². The molecule has 0 radical (unpaired) electrons. The fraction of sp³-hybridized carbons (Fsp3) is 0.429. The fourth-order valence-electron chi connectivity index (χ4n) is 1.68. The second kappa shape index (κ2) is 6.88. The monoisotopic (exact) mass is 283 g/mol. The molecule has 110 valence electrons. The highest BCUT2D eigenvalue weighted by Gasteiger charge is 2.22. The normalized spacial score (nSPS) is 13.4. The first-order valence-electron chi connectivity index (χ1n) is 6.21. The summed E-state index contributed by atoms with van der Waals surface area (Å²) < 4.78 is 18.3. The summed E-state index contributed by atoms with van der Waals surface area (Å²) in [6, 6.07) is 5.49. The van der Waals surface area contributed by atoms with Gasteiger partial charge in [0.15, 0.2) is 6.10 Å². The van der Waals surface area contributed by atoms with Crippen molar-refractivity contribution >= 4 is 11.9 Å². The van der Waals surface area contributed by atoms with Crippen molar-refractivity contribution in [1.29, 1.82) is 0 Å². The van der Waals surface area contributed by atoms with Crippen molar-refractivity contribution in [3.05, 3.63) is 30.1 Å². The molecule has 1 aromatic rings. The summed E-state index contributed by atoms with van der Waals surface area (Å²) in [6.07, 6.45) is -0.817. The molecule has 0 aliphatic heterocycles. The van der Waals surface area contributed by atoms with E-state index in [1.54, 1.807) is 6.07 Å². The highest BCUT2D eigenvalue weighted by molar-refractivity contribution is 5.81. The largest absolute Gasteiger partial charge is 0.481 e. The van der Waals surface area contributed by atoms with E-state index in [9.17, 15) is 14.0 Å². The van der Waals surface area contributed by atoms with Crippen LogP contribution in [0.2, 0.25) is 0 Å². The van der Waals surface area contributed by atoms with Crippen LogP contribution in [0.1, 0.15) is 13.8 Å². The van der Waals surface area contributed by atoms with Crippen molar-refractivity contribution in [3.63, 3.8) is 0 Å². The number of hydrogen-bond acceptors (Lipinski definition) is 3. The van der Waals surface area contributed by atoms with E-state index in [-0.39, 0.29) is 18.2 Å². The number of carboxylic acid groups (broad SMARTS) is 1. The first-order chi connectivity index (χ1) is 9.31. The molecular formula is C14H18FNO4. The zero-order valence-electron chi connectivity index (χ0n) is 11.7. The predicted molar refractivity (Wildman–Crippen MR) is 70.9 cm³/mol. The number of hydrogen-bond donors (Lipinski definition) is 1. The van der Waals surface area contributed by atoms with Gasteiger partial charge < -0.3 is 14.7 Å². The molecule has 20 heavy (non-hydrogen) atoms. The van der Waals surface area contributed by atoms with Crippen LogP contribution in [0.25, 0.3) is 0 Å². The maximum atomic E-state index is 13.0. The Labute approximate surface area is 117 Å². The van der Waals surface area contributed by atoms with Gasteiger partial charge in [0.2, 0.25) is 0 Å². The van der Waals surface area contributed by atoms with E-state index >= 15 is 0 Å². The lowest BCUT2D eigenvalue weighted by Crippen LogP contribution is -2.41. The Kier molecular flexibility index (Phi) is 5.49. The smallest absolute Gasteiger partial charge is 0.308 e. The third-order valence-electron chi connectivity index (χ3n) is 2.80. The average Bonchev–Trinajstić information content (AvgIpc) is 2.37. The van der Waals surface area contributed by atoms with E-state index in [0.29, 0.717) is 0 Å². The van der Waals surface area contributed by atoms with Crippen LogP contribution in [0, 0.1) is 11.7 Å². The molecule has 0 spiro atoms. The minimum absolute atomic E-state index is 0.0883. The van der Waals surface area contributed by atoms with E-state index in [1.807, 2.05) is 0 Å². The SMILES string of the molecule is CC(CN(C)C(=O)C(C)Oc1cccc(F)c1)C(=O)O. The maximum Gasteiger partial charge on any atom is 0.308 e. The van der Waals surface area contributed by atoms with Gasteiger partial charge in [-0.25, -0.2) is 4.39 Å². The Balaban J connectivity index is 2.60. The molecule has 2 unspecified atom stereocenters. The number of benzene rings is 1. The molecule has 1 aromatic carbocycles. The first kappa shape index (κ1) is 15.9. The minimum Gasteiger partial charge on any atom is -0.481 e. The van der Waals surface area contributed by atoms with Gasteiger partial charge in [-0.15, -0.1) is 0 Å². The van der Waals surface area contributed by atoms with E-state index in [2.05, 4.69) is 0 Å². The molecule has 0 aliphatic rings. The Hall–Kier alpha value is -2.11. The molecule has 0 bridgehead atoms. The number of nitrogens with zero attached hydrogens (tertiary/aromatic N) is 1. The minimum atomic E-state index is -0.969. The van der Waals surface area contributed by atoms with Gasteiger partial charge in [0.05, 0.1) is 5.92 Å². The summed E-state index contributed by atoms with van der Waals surface area (Å²) >= 11 is 0. The van der Waals surface area contributed by atoms with Crippen LogP contribution in [0.3, 0.4) is 0 Å². The Bertz CT molecular complexity index is 492. The molecule has 0 saturated carbocycles.